The van der Waals surface area contributed by atoms with Gasteiger partial charge in [-0.05, 0) is 25.1 Å². The predicted molar refractivity (Wildman–Crippen MR) is 121 cm³/mol. The molecule has 3 heterocycles. The molecular formula is C19H20Cl2F3N5O2S. The molecular weight excluding hydrogens is 490 g/mol. The molecule has 2 aliphatic heterocycles. The first kappa shape index (κ1) is 26.2. The fraction of sp³-hybridized carbons (Fsp3) is 0.368. The highest BCUT2D eigenvalue weighted by atomic mass is 35.5. The van der Waals surface area contributed by atoms with Gasteiger partial charge in [0.25, 0.3) is 12.3 Å². The summed E-state index contributed by atoms with van der Waals surface area (Å²) in [5.74, 6) is -0.588. The second kappa shape index (κ2) is 10.2. The molecule has 1 amide bonds. The number of halogens is 5. The van der Waals surface area contributed by atoms with Crippen molar-refractivity contribution in [2.75, 3.05) is 17.7 Å². The summed E-state index contributed by atoms with van der Waals surface area (Å²) in [6, 6.07) is 4.13. The van der Waals surface area contributed by atoms with E-state index in [-0.39, 0.29) is 54.7 Å². The molecule has 2 aliphatic rings. The number of hydrogen-bond donors (Lipinski definition) is 2. The van der Waals surface area contributed by atoms with Crippen LogP contribution in [-0.2, 0) is 10.3 Å². The Balaban J connectivity index is 0.00000181. The van der Waals surface area contributed by atoms with Crippen LogP contribution < -0.4 is 11.1 Å². The molecule has 1 aromatic carbocycles. The zero-order chi connectivity index (χ0) is 21.5. The number of amides is 1. The molecule has 7 nitrogen and oxygen atoms in total. The van der Waals surface area contributed by atoms with E-state index in [1.807, 2.05) is 6.92 Å². The van der Waals surface area contributed by atoms with Crippen molar-refractivity contribution in [3.63, 3.8) is 0 Å². The molecule has 0 aliphatic carbocycles. The second-order valence-electron chi connectivity index (χ2n) is 7.08. The van der Waals surface area contributed by atoms with Crippen molar-refractivity contribution in [3.8, 4) is 0 Å². The van der Waals surface area contributed by atoms with Crippen LogP contribution in [0.1, 0.15) is 35.1 Å². The number of nitrogens with zero attached hydrogens (tertiary/aromatic N) is 3. The van der Waals surface area contributed by atoms with Crippen molar-refractivity contribution in [1.82, 2.24) is 9.97 Å². The fourth-order valence-corrected chi connectivity index (χ4v) is 4.82. The van der Waals surface area contributed by atoms with E-state index in [0.717, 1.165) is 12.4 Å². The van der Waals surface area contributed by atoms with Gasteiger partial charge in [0, 0.05) is 22.9 Å². The summed E-state index contributed by atoms with van der Waals surface area (Å²) in [6.07, 6.45) is -1.10. The fourth-order valence-electron chi connectivity index (χ4n) is 3.70. The number of nitrogens with two attached hydrogens (primary N) is 1. The Morgan fingerprint density at radius 1 is 1.31 bits per heavy atom. The number of amidine groups is 1. The van der Waals surface area contributed by atoms with Crippen molar-refractivity contribution in [2.24, 2.45) is 16.6 Å². The van der Waals surface area contributed by atoms with Crippen LogP contribution in [0.15, 0.2) is 35.6 Å². The molecule has 1 saturated heterocycles. The molecule has 0 bridgehead atoms. The number of hydrogen-bond acceptors (Lipinski definition) is 7. The normalized spacial score (nSPS) is 24.1. The number of anilines is 1. The molecule has 2 aromatic rings. The van der Waals surface area contributed by atoms with Crippen molar-refractivity contribution < 1.29 is 22.7 Å². The van der Waals surface area contributed by atoms with Crippen LogP contribution >= 0.6 is 36.6 Å². The highest BCUT2D eigenvalue weighted by molar-refractivity contribution is 8.13. The minimum Gasteiger partial charge on any atom is -0.379 e. The van der Waals surface area contributed by atoms with Gasteiger partial charge in [0.1, 0.15) is 22.7 Å². The number of aliphatic imine (C=N–C) groups is 1. The highest BCUT2D eigenvalue weighted by Crippen LogP contribution is 2.48. The van der Waals surface area contributed by atoms with Gasteiger partial charge in [0.15, 0.2) is 5.17 Å². The van der Waals surface area contributed by atoms with Crippen LogP contribution in [0.4, 0.5) is 18.9 Å². The van der Waals surface area contributed by atoms with Crippen molar-refractivity contribution in [2.45, 2.75) is 25.0 Å². The summed E-state index contributed by atoms with van der Waals surface area (Å²) in [5.41, 5.74) is 4.87. The number of rotatable bonds is 4. The quantitative estimate of drug-likeness (QED) is 0.646. The predicted octanol–water partition coefficient (Wildman–Crippen LogP) is 3.94. The monoisotopic (exact) mass is 509 g/mol. The number of fused-ring (bicyclic) bond motifs is 1. The maximum atomic E-state index is 14.8. The third-order valence-corrected chi connectivity index (χ3v) is 6.20. The molecule has 3 N–H and O–H groups in total. The SMILES string of the molecule is C[C@H]1OC[C@]2(c3cc(NC(=O)c4cnc(C(F)F)cn4)ccc3F)N=C(N)SC[C@H]12.Cl.Cl. The number of nitrogens with one attached hydrogen (secondary N) is 1. The lowest BCUT2D eigenvalue weighted by molar-refractivity contribution is 0.102. The summed E-state index contributed by atoms with van der Waals surface area (Å²) in [7, 11) is 0. The average molecular weight is 510 g/mol. The zero-order valence-corrected chi connectivity index (χ0v) is 19.1. The van der Waals surface area contributed by atoms with Crippen LogP contribution in [0.3, 0.4) is 0 Å². The Morgan fingerprint density at radius 2 is 2.06 bits per heavy atom. The Labute approximate surface area is 198 Å². The number of aromatic nitrogens is 2. The number of carbonyl (C=O) groups excluding carboxylic acids is 1. The van der Waals surface area contributed by atoms with Gasteiger partial charge in [-0.15, -0.1) is 24.8 Å². The molecule has 0 spiro atoms. The lowest BCUT2D eigenvalue weighted by Gasteiger charge is -2.35. The second-order valence-corrected chi connectivity index (χ2v) is 8.12. The van der Waals surface area contributed by atoms with Crippen LogP contribution in [0.2, 0.25) is 0 Å². The number of benzene rings is 1. The van der Waals surface area contributed by atoms with Crippen molar-refractivity contribution in [1.29, 1.82) is 0 Å². The standard InChI is InChI=1S/C19H18F3N5O2S.2ClH/c1-9-12-7-30-18(23)27-19(12,8-29-9)11-4-10(2-3-13(11)20)26-17(28)15-6-24-14(5-25-15)16(21)22;;/h2-6,9,12,16H,7-8H2,1H3,(H2,23,27)(H,26,28);2*1H/t9-,12-,19-;;/m1../s1. The Kier molecular flexibility index (Phi) is 8.38. The highest BCUT2D eigenvalue weighted by Gasteiger charge is 2.52. The third-order valence-electron chi connectivity index (χ3n) is 5.29. The number of carbonyl (C=O) groups is 1. The molecule has 0 unspecified atom stereocenters. The molecule has 32 heavy (non-hydrogen) atoms. The van der Waals surface area contributed by atoms with E-state index in [1.165, 1.54) is 30.0 Å². The van der Waals surface area contributed by atoms with Crippen molar-refractivity contribution in [3.05, 3.63) is 53.4 Å². The van der Waals surface area contributed by atoms with Crippen LogP contribution in [-0.4, -0.2) is 39.5 Å². The van der Waals surface area contributed by atoms with Crippen molar-refractivity contribution >= 4 is 53.3 Å². The van der Waals surface area contributed by atoms with Gasteiger partial charge in [-0.2, -0.15) is 0 Å². The van der Waals surface area contributed by atoms with Gasteiger partial charge in [0.2, 0.25) is 0 Å². The molecule has 1 fully saturated rings. The van der Waals surface area contributed by atoms with Gasteiger partial charge in [-0.1, -0.05) is 11.8 Å². The molecule has 3 atom stereocenters. The largest absolute Gasteiger partial charge is 0.379 e. The van der Waals surface area contributed by atoms with E-state index in [2.05, 4.69) is 20.3 Å². The lowest BCUT2D eigenvalue weighted by Crippen LogP contribution is -2.41. The first-order chi connectivity index (χ1) is 14.3. The van der Waals surface area contributed by atoms with Gasteiger partial charge in [-0.3, -0.25) is 9.78 Å². The molecule has 13 heteroatoms. The van der Waals surface area contributed by atoms with Crippen LogP contribution in [0.25, 0.3) is 0 Å². The summed E-state index contributed by atoms with van der Waals surface area (Å²) < 4.78 is 45.8. The Bertz CT molecular complexity index is 1010. The average Bonchev–Trinajstić information content (AvgIpc) is 3.06. The molecule has 0 saturated carbocycles. The van der Waals surface area contributed by atoms with E-state index in [9.17, 15) is 18.0 Å². The molecule has 0 radical (unpaired) electrons. The zero-order valence-electron chi connectivity index (χ0n) is 16.6. The van der Waals surface area contributed by atoms with Crippen LogP contribution in [0, 0.1) is 11.7 Å². The minimum absolute atomic E-state index is 0. The number of alkyl halides is 2. The minimum atomic E-state index is -2.78. The van der Waals surface area contributed by atoms with Gasteiger partial charge in [-0.25, -0.2) is 23.1 Å². The molecule has 1 aromatic heterocycles. The summed E-state index contributed by atoms with van der Waals surface area (Å²) in [6.45, 7) is 2.09. The van der Waals surface area contributed by atoms with E-state index in [0.29, 0.717) is 16.6 Å². The van der Waals surface area contributed by atoms with Gasteiger partial charge >= 0.3 is 0 Å². The maximum Gasteiger partial charge on any atom is 0.281 e. The topological polar surface area (TPSA) is 102 Å². The Hall–Kier alpha value is -2.08. The molecule has 4 rings (SSSR count). The van der Waals surface area contributed by atoms with Gasteiger partial charge < -0.3 is 15.8 Å². The summed E-state index contributed by atoms with van der Waals surface area (Å²) in [4.78, 5) is 24.2. The first-order valence-electron chi connectivity index (χ1n) is 9.11. The lowest BCUT2D eigenvalue weighted by atomic mass is 9.79. The Morgan fingerprint density at radius 3 is 2.72 bits per heavy atom. The maximum absolute atomic E-state index is 14.8. The smallest absolute Gasteiger partial charge is 0.281 e. The summed E-state index contributed by atoms with van der Waals surface area (Å²) >= 11 is 1.40. The van der Waals surface area contributed by atoms with E-state index >= 15 is 0 Å². The van der Waals surface area contributed by atoms with E-state index in [4.69, 9.17) is 10.5 Å². The van der Waals surface area contributed by atoms with Crippen LogP contribution in [0.5, 0.6) is 0 Å². The third kappa shape index (κ3) is 4.80. The first-order valence-corrected chi connectivity index (χ1v) is 10.1. The summed E-state index contributed by atoms with van der Waals surface area (Å²) in [5, 5.41) is 2.95. The number of thioether (sulfide) groups is 1. The molecule has 174 valence electrons. The van der Waals surface area contributed by atoms with E-state index < -0.39 is 29.4 Å². The van der Waals surface area contributed by atoms with Gasteiger partial charge in [0.05, 0.1) is 25.1 Å². The number of ether oxygens (including phenoxy) is 1. The van der Waals surface area contributed by atoms with E-state index in [1.54, 1.807) is 0 Å².